The van der Waals surface area contributed by atoms with Gasteiger partial charge < -0.3 is 4.74 Å². The van der Waals surface area contributed by atoms with Crippen LogP contribution >= 0.6 is 0 Å². The first kappa shape index (κ1) is 14.5. The molecule has 0 spiro atoms. The molecule has 2 nitrogen and oxygen atoms in total. The zero-order valence-corrected chi connectivity index (χ0v) is 10.5. The number of carbonyl (C=O) groups excluding carboxylic acids is 1. The topological polar surface area (TPSA) is 26.3 Å². The summed E-state index contributed by atoms with van der Waals surface area (Å²) in [4.78, 5) is 9.73. The number of rotatable bonds is 9. The summed E-state index contributed by atoms with van der Waals surface area (Å²) in [5, 5.41) is 0. The predicted molar refractivity (Wildman–Crippen MR) is 63.4 cm³/mol. The maximum atomic E-state index is 9.73. The van der Waals surface area contributed by atoms with Gasteiger partial charge in [-0.15, -0.1) is 0 Å². The Bertz CT molecular complexity index is 147. The maximum absolute atomic E-state index is 9.73. The molecule has 0 aromatic carbocycles. The molecule has 0 saturated carbocycles. The Kier molecular flexibility index (Phi) is 8.44. The Morgan fingerprint density at radius 3 is 2.00 bits per heavy atom. The molecule has 1 radical (unpaired) electrons. The average Bonchev–Trinajstić information content (AvgIpc) is 2.14. The van der Waals surface area contributed by atoms with Gasteiger partial charge in [0.05, 0.1) is 6.61 Å². The number of unbranched alkanes of at least 4 members (excludes halogenated alkanes) is 5. The molecule has 0 atom stereocenters. The molecule has 0 bridgehead atoms. The number of hydrogen-bond acceptors (Lipinski definition) is 2. The van der Waals surface area contributed by atoms with Gasteiger partial charge in [0.2, 0.25) is 0 Å². The van der Waals surface area contributed by atoms with Gasteiger partial charge in [-0.3, -0.25) is 0 Å². The van der Waals surface area contributed by atoms with Crippen molar-refractivity contribution in [3.05, 3.63) is 0 Å². The van der Waals surface area contributed by atoms with Crippen LogP contribution in [0.5, 0.6) is 0 Å². The molecule has 89 valence electrons. The number of ether oxygens (including phenoxy) is 1. The van der Waals surface area contributed by atoms with Gasteiger partial charge in [-0.2, -0.15) is 0 Å². The van der Waals surface area contributed by atoms with E-state index in [4.69, 9.17) is 0 Å². The molecule has 0 saturated heterocycles. The molecule has 0 aliphatic carbocycles. The van der Waals surface area contributed by atoms with E-state index >= 15 is 0 Å². The van der Waals surface area contributed by atoms with E-state index in [1.54, 1.807) is 0 Å². The lowest BCUT2D eigenvalue weighted by Gasteiger charge is -2.17. The fraction of sp³-hybridized carbons (Fsp3) is 0.923. The summed E-state index contributed by atoms with van der Waals surface area (Å²) in [5.74, 6) is 0. The Balaban J connectivity index is 3.02. The summed E-state index contributed by atoms with van der Waals surface area (Å²) < 4.78 is 4.50. The summed E-state index contributed by atoms with van der Waals surface area (Å²) in [6.45, 7) is 8.85. The lowest BCUT2D eigenvalue weighted by Crippen LogP contribution is -2.03. The van der Waals surface area contributed by atoms with Crippen LogP contribution in [-0.2, 0) is 9.53 Å². The molecule has 15 heavy (non-hydrogen) atoms. The lowest BCUT2D eigenvalue weighted by molar-refractivity contribution is 0.268. The average molecular weight is 213 g/mol. The van der Waals surface area contributed by atoms with E-state index in [9.17, 15) is 4.79 Å². The smallest absolute Gasteiger partial charge is 0.417 e. The van der Waals surface area contributed by atoms with Gasteiger partial charge in [0.15, 0.2) is 0 Å². The third-order valence-corrected chi connectivity index (χ3v) is 2.48. The van der Waals surface area contributed by atoms with Crippen molar-refractivity contribution < 1.29 is 9.53 Å². The first-order valence-corrected chi connectivity index (χ1v) is 6.05. The second kappa shape index (κ2) is 8.75. The molecule has 0 aliphatic heterocycles. The second-order valence-electron chi connectivity index (χ2n) is 5.36. The van der Waals surface area contributed by atoms with Crippen LogP contribution in [0.2, 0.25) is 0 Å². The Morgan fingerprint density at radius 1 is 0.933 bits per heavy atom. The van der Waals surface area contributed by atoms with Crippen molar-refractivity contribution in [3.63, 3.8) is 0 Å². The highest BCUT2D eigenvalue weighted by Crippen LogP contribution is 2.22. The summed E-state index contributed by atoms with van der Waals surface area (Å²) in [6.07, 6.45) is 8.69. The Morgan fingerprint density at radius 2 is 1.47 bits per heavy atom. The SMILES string of the molecule is CC(C)(C)CCCCCCCCO[C]=O. The molecule has 0 heterocycles. The molecule has 0 amide bonds. The van der Waals surface area contributed by atoms with E-state index in [-0.39, 0.29) is 0 Å². The molecular weight excluding hydrogens is 188 g/mol. The van der Waals surface area contributed by atoms with Crippen LogP contribution in [0.25, 0.3) is 0 Å². The van der Waals surface area contributed by atoms with E-state index in [0.29, 0.717) is 12.0 Å². The van der Waals surface area contributed by atoms with Crippen molar-refractivity contribution in [1.82, 2.24) is 0 Å². The highest BCUT2D eigenvalue weighted by atomic mass is 16.5. The molecule has 2 heteroatoms. The van der Waals surface area contributed by atoms with Crippen LogP contribution in [0.1, 0.15) is 65.7 Å². The third kappa shape index (κ3) is 13.5. The van der Waals surface area contributed by atoms with E-state index in [0.717, 1.165) is 12.8 Å². The minimum atomic E-state index is 0.480. The highest BCUT2D eigenvalue weighted by Gasteiger charge is 2.08. The molecule has 0 aromatic rings. The maximum Gasteiger partial charge on any atom is 0.417 e. The molecular formula is C13H25O2. The van der Waals surface area contributed by atoms with Crippen LogP contribution in [0.15, 0.2) is 0 Å². The zero-order valence-electron chi connectivity index (χ0n) is 10.5. The fourth-order valence-electron chi connectivity index (χ4n) is 1.58. The number of hydrogen-bond donors (Lipinski definition) is 0. The lowest BCUT2D eigenvalue weighted by atomic mass is 9.89. The molecule has 0 fully saturated rings. The van der Waals surface area contributed by atoms with Crippen LogP contribution < -0.4 is 0 Å². The van der Waals surface area contributed by atoms with Crippen molar-refractivity contribution >= 4 is 6.47 Å². The third-order valence-electron chi connectivity index (χ3n) is 2.48. The fourth-order valence-corrected chi connectivity index (χ4v) is 1.58. The van der Waals surface area contributed by atoms with Crippen LogP contribution in [0, 0.1) is 5.41 Å². The summed E-state index contributed by atoms with van der Waals surface area (Å²) in [5.41, 5.74) is 0.480. The van der Waals surface area contributed by atoms with E-state index in [2.05, 4.69) is 25.5 Å². The first-order valence-electron chi connectivity index (χ1n) is 6.05. The van der Waals surface area contributed by atoms with Gasteiger partial charge in [-0.25, -0.2) is 4.79 Å². The normalized spacial score (nSPS) is 11.4. The van der Waals surface area contributed by atoms with Crippen molar-refractivity contribution in [3.8, 4) is 0 Å². The zero-order chi connectivity index (χ0) is 11.6. The Hall–Kier alpha value is -0.530. The second-order valence-corrected chi connectivity index (χ2v) is 5.36. The summed E-state index contributed by atoms with van der Waals surface area (Å²) >= 11 is 0. The first-order chi connectivity index (χ1) is 7.06. The van der Waals surface area contributed by atoms with Gasteiger partial charge in [0, 0.05) is 0 Å². The molecule has 0 N–H and O–H groups in total. The van der Waals surface area contributed by atoms with Crippen molar-refractivity contribution in [2.75, 3.05) is 6.61 Å². The van der Waals surface area contributed by atoms with Crippen LogP contribution in [0.3, 0.4) is 0 Å². The monoisotopic (exact) mass is 213 g/mol. The van der Waals surface area contributed by atoms with Gasteiger partial charge >= 0.3 is 6.47 Å². The summed E-state index contributed by atoms with van der Waals surface area (Å²) in [6, 6.07) is 0. The van der Waals surface area contributed by atoms with E-state index < -0.39 is 0 Å². The Labute approximate surface area is 94.4 Å². The standard InChI is InChI=1S/C13H25O2/c1-13(2,3)10-8-6-4-5-7-9-11-15-12-14/h4-11H2,1-3H3. The minimum Gasteiger partial charge on any atom is -0.457 e. The quantitative estimate of drug-likeness (QED) is 0.544. The van der Waals surface area contributed by atoms with Crippen molar-refractivity contribution in [2.24, 2.45) is 5.41 Å². The van der Waals surface area contributed by atoms with Gasteiger partial charge in [-0.05, 0) is 18.3 Å². The van der Waals surface area contributed by atoms with Crippen molar-refractivity contribution in [1.29, 1.82) is 0 Å². The molecule has 0 unspecified atom stereocenters. The van der Waals surface area contributed by atoms with E-state index in [1.165, 1.54) is 38.6 Å². The van der Waals surface area contributed by atoms with Gasteiger partial charge in [0.25, 0.3) is 0 Å². The predicted octanol–water partition coefficient (Wildman–Crippen LogP) is 3.85. The van der Waals surface area contributed by atoms with Gasteiger partial charge in [-0.1, -0.05) is 52.9 Å². The highest BCUT2D eigenvalue weighted by molar-refractivity contribution is 5.37. The van der Waals surface area contributed by atoms with Crippen molar-refractivity contribution in [2.45, 2.75) is 65.7 Å². The van der Waals surface area contributed by atoms with E-state index in [1.807, 2.05) is 0 Å². The largest absolute Gasteiger partial charge is 0.457 e. The van der Waals surface area contributed by atoms with Gasteiger partial charge in [0.1, 0.15) is 0 Å². The molecule has 0 aromatic heterocycles. The molecule has 0 aliphatic rings. The minimum absolute atomic E-state index is 0.480. The van der Waals surface area contributed by atoms with Crippen LogP contribution in [-0.4, -0.2) is 13.1 Å². The molecule has 0 rings (SSSR count). The van der Waals surface area contributed by atoms with Crippen LogP contribution in [0.4, 0.5) is 0 Å². The summed E-state index contributed by atoms with van der Waals surface area (Å²) in [7, 11) is 0.